The lowest BCUT2D eigenvalue weighted by molar-refractivity contribution is -0.136. The molecule has 2 fully saturated rings. The van der Waals surface area contributed by atoms with Crippen molar-refractivity contribution in [2.24, 2.45) is 0 Å². The minimum Gasteiger partial charge on any atom is -0.444 e. The molecule has 0 saturated carbocycles. The fourth-order valence-electron chi connectivity index (χ4n) is 5.47. The van der Waals surface area contributed by atoms with Crippen LogP contribution in [0.15, 0.2) is 54.1 Å². The van der Waals surface area contributed by atoms with Crippen LogP contribution < -0.4 is 0 Å². The fraction of sp³-hybridized carbons (Fsp3) is 0.400. The van der Waals surface area contributed by atoms with Crippen LogP contribution in [0.5, 0.6) is 0 Å². The first-order chi connectivity index (χ1) is 16.8. The smallest absolute Gasteiger partial charge is 0.410 e. The highest BCUT2D eigenvalue weighted by Crippen LogP contribution is 2.39. The zero-order chi connectivity index (χ0) is 24.6. The van der Waals surface area contributed by atoms with Gasteiger partial charge in [-0.1, -0.05) is 66.3 Å². The number of amides is 2. The van der Waals surface area contributed by atoms with Gasteiger partial charge in [-0.25, -0.2) is 4.79 Å². The van der Waals surface area contributed by atoms with Crippen molar-refractivity contribution in [2.75, 3.05) is 19.6 Å². The number of hydrogen-bond donors (Lipinski definition) is 0. The van der Waals surface area contributed by atoms with E-state index in [1.54, 1.807) is 4.90 Å². The predicted octanol–water partition coefficient (Wildman–Crippen LogP) is 5.99. The van der Waals surface area contributed by atoms with Gasteiger partial charge in [0.05, 0.1) is 0 Å². The lowest BCUT2D eigenvalue weighted by Gasteiger charge is -2.35. The summed E-state index contributed by atoms with van der Waals surface area (Å²) in [6.45, 7) is 7.50. The summed E-state index contributed by atoms with van der Waals surface area (Å²) in [4.78, 5) is 29.7. The van der Waals surface area contributed by atoms with Crippen LogP contribution in [0.25, 0.3) is 17.7 Å². The molecule has 1 unspecified atom stereocenters. The Morgan fingerprint density at radius 3 is 2.00 bits per heavy atom. The topological polar surface area (TPSA) is 49.9 Å². The average Bonchev–Trinajstić information content (AvgIpc) is 3.27. The Kier molecular flexibility index (Phi) is 6.26. The van der Waals surface area contributed by atoms with Gasteiger partial charge in [0.1, 0.15) is 11.6 Å². The Bertz CT molecular complexity index is 1140. The van der Waals surface area contributed by atoms with Crippen LogP contribution in [0.2, 0.25) is 0 Å². The highest BCUT2D eigenvalue weighted by Gasteiger charge is 2.39. The second-order valence-corrected chi connectivity index (χ2v) is 10.6. The normalized spacial score (nSPS) is 19.8. The van der Waals surface area contributed by atoms with Gasteiger partial charge in [-0.15, -0.1) is 0 Å². The van der Waals surface area contributed by atoms with E-state index in [1.165, 1.54) is 33.4 Å². The average molecular weight is 471 g/mol. The van der Waals surface area contributed by atoms with Crippen LogP contribution in [0.3, 0.4) is 0 Å². The number of carbonyl (C=O) groups is 2. The van der Waals surface area contributed by atoms with E-state index in [0.717, 1.165) is 19.3 Å². The van der Waals surface area contributed by atoms with Crippen molar-refractivity contribution in [2.45, 2.75) is 58.1 Å². The zero-order valence-corrected chi connectivity index (χ0v) is 20.9. The molecule has 35 heavy (non-hydrogen) atoms. The molecule has 2 heterocycles. The van der Waals surface area contributed by atoms with Crippen molar-refractivity contribution in [1.82, 2.24) is 9.80 Å². The summed E-state index contributed by atoms with van der Waals surface area (Å²) in [7, 11) is 0. The van der Waals surface area contributed by atoms with Crippen LogP contribution in [0, 0.1) is 0 Å². The summed E-state index contributed by atoms with van der Waals surface area (Å²) < 4.78 is 5.57. The van der Waals surface area contributed by atoms with Crippen molar-refractivity contribution in [3.8, 4) is 0 Å². The molecule has 5 rings (SSSR count). The van der Waals surface area contributed by atoms with Gasteiger partial charge in [-0.2, -0.15) is 0 Å². The maximum Gasteiger partial charge on any atom is 0.410 e. The monoisotopic (exact) mass is 470 g/mol. The van der Waals surface area contributed by atoms with Crippen molar-refractivity contribution < 1.29 is 14.3 Å². The van der Waals surface area contributed by atoms with E-state index in [0.29, 0.717) is 26.1 Å². The molecule has 2 aromatic carbocycles. The third-order valence-electron chi connectivity index (χ3n) is 7.10. The van der Waals surface area contributed by atoms with Gasteiger partial charge in [0, 0.05) is 19.6 Å². The van der Waals surface area contributed by atoms with E-state index in [-0.39, 0.29) is 12.0 Å². The number of hydrogen-bond acceptors (Lipinski definition) is 3. The Balaban J connectivity index is 1.37. The second-order valence-electron chi connectivity index (χ2n) is 10.6. The van der Waals surface area contributed by atoms with Gasteiger partial charge in [-0.3, -0.25) is 9.69 Å². The van der Waals surface area contributed by atoms with Crippen LogP contribution in [-0.4, -0.2) is 53.1 Å². The molecule has 2 amide bonds. The molecule has 182 valence electrons. The Morgan fingerprint density at radius 2 is 1.43 bits per heavy atom. The molecule has 2 aromatic rings. The lowest BCUT2D eigenvalue weighted by atomic mass is 9.86. The lowest BCUT2D eigenvalue weighted by Crippen LogP contribution is -2.50. The maximum absolute atomic E-state index is 13.5. The molecule has 0 spiro atoms. The molecule has 1 atom stereocenters. The molecule has 5 heteroatoms. The summed E-state index contributed by atoms with van der Waals surface area (Å²) in [6.07, 6.45) is 7.23. The van der Waals surface area contributed by atoms with Crippen molar-refractivity contribution in [3.05, 3.63) is 76.4 Å². The molecule has 0 N–H and O–H groups in total. The standard InChI is InChI=1S/C30H34N2O3/c1-30(2,3)35-29(34)32-18-8-13-26(32)28(33)31-19-16-23(17-20-31)27-24-11-6-4-9-21(24)14-15-22-10-5-7-12-25(22)27/h4-7,9-12,14-15,26H,8,13,16-20H2,1-3H3. The molecule has 0 aromatic heterocycles. The van der Waals surface area contributed by atoms with Crippen LogP contribution >= 0.6 is 0 Å². The zero-order valence-electron chi connectivity index (χ0n) is 20.9. The number of benzene rings is 2. The summed E-state index contributed by atoms with van der Waals surface area (Å²) in [5, 5.41) is 0. The highest BCUT2D eigenvalue weighted by molar-refractivity contribution is 5.95. The van der Waals surface area contributed by atoms with Crippen molar-refractivity contribution in [1.29, 1.82) is 0 Å². The molecule has 2 saturated heterocycles. The molecular weight excluding hydrogens is 436 g/mol. The van der Waals surface area contributed by atoms with E-state index in [2.05, 4.69) is 60.7 Å². The van der Waals surface area contributed by atoms with E-state index in [4.69, 9.17) is 4.74 Å². The quantitative estimate of drug-likeness (QED) is 0.439. The number of piperidine rings is 1. The van der Waals surface area contributed by atoms with Crippen LogP contribution in [0.1, 0.15) is 68.7 Å². The largest absolute Gasteiger partial charge is 0.444 e. The van der Waals surface area contributed by atoms with Gasteiger partial charge < -0.3 is 9.64 Å². The summed E-state index contributed by atoms with van der Waals surface area (Å²) >= 11 is 0. The van der Waals surface area contributed by atoms with Crippen molar-refractivity contribution in [3.63, 3.8) is 0 Å². The molecule has 2 aliphatic heterocycles. The number of fused-ring (bicyclic) bond motifs is 2. The minimum atomic E-state index is -0.570. The molecular formula is C30H34N2O3. The summed E-state index contributed by atoms with van der Waals surface area (Å²) in [5.74, 6) is 0.0562. The van der Waals surface area contributed by atoms with Gasteiger partial charge in [-0.05, 0) is 74.3 Å². The van der Waals surface area contributed by atoms with Gasteiger partial charge in [0.2, 0.25) is 5.91 Å². The van der Waals surface area contributed by atoms with Gasteiger partial charge in [0.25, 0.3) is 0 Å². The van der Waals surface area contributed by atoms with Crippen LogP contribution in [-0.2, 0) is 9.53 Å². The first-order valence-electron chi connectivity index (χ1n) is 12.7. The third-order valence-corrected chi connectivity index (χ3v) is 7.10. The molecule has 3 aliphatic rings. The number of likely N-dealkylation sites (tertiary alicyclic amines) is 2. The van der Waals surface area contributed by atoms with E-state index in [9.17, 15) is 9.59 Å². The first kappa shape index (κ1) is 23.4. The van der Waals surface area contributed by atoms with Crippen molar-refractivity contribution >= 4 is 29.7 Å². The Morgan fingerprint density at radius 1 is 0.857 bits per heavy atom. The molecule has 0 bridgehead atoms. The van der Waals surface area contributed by atoms with Gasteiger partial charge >= 0.3 is 6.09 Å². The van der Waals surface area contributed by atoms with Crippen LogP contribution in [0.4, 0.5) is 4.79 Å². The minimum absolute atomic E-state index is 0.0562. The molecule has 5 nitrogen and oxygen atoms in total. The summed E-state index contributed by atoms with van der Waals surface area (Å²) in [5.41, 5.74) is 7.11. The Labute approximate surface area is 208 Å². The Hall–Kier alpha value is -3.34. The van der Waals surface area contributed by atoms with E-state index in [1.807, 2.05) is 25.7 Å². The van der Waals surface area contributed by atoms with Gasteiger partial charge in [0.15, 0.2) is 0 Å². The molecule has 1 aliphatic carbocycles. The van der Waals surface area contributed by atoms with E-state index < -0.39 is 11.6 Å². The third kappa shape index (κ3) is 4.77. The second kappa shape index (κ2) is 9.37. The first-order valence-corrected chi connectivity index (χ1v) is 12.7. The SMILES string of the molecule is CC(C)(C)OC(=O)N1CCCC1C(=O)N1CCC(=C2c3ccccc3C=Cc3ccccc32)CC1. The number of ether oxygens (including phenoxy) is 1. The summed E-state index contributed by atoms with van der Waals surface area (Å²) in [6, 6.07) is 16.7. The highest BCUT2D eigenvalue weighted by atomic mass is 16.6. The maximum atomic E-state index is 13.5. The predicted molar refractivity (Wildman–Crippen MR) is 140 cm³/mol. The van der Waals surface area contributed by atoms with E-state index >= 15 is 0 Å². The molecule has 0 radical (unpaired) electrons. The fourth-order valence-corrected chi connectivity index (χ4v) is 5.47. The number of rotatable bonds is 1. The number of carbonyl (C=O) groups excluding carboxylic acids is 2. The number of nitrogens with zero attached hydrogens (tertiary/aromatic N) is 2.